The van der Waals surface area contributed by atoms with E-state index in [1.165, 1.54) is 50.6 Å². The predicted octanol–water partition coefficient (Wildman–Crippen LogP) is 3.32. The number of nitrogens with one attached hydrogen (secondary N) is 2. The lowest BCUT2D eigenvalue weighted by molar-refractivity contribution is 0.320. The molecule has 2 N–H and O–H groups in total. The normalized spacial score (nSPS) is 31.1. The highest BCUT2D eigenvalue weighted by molar-refractivity contribution is 7.10. The van der Waals surface area contributed by atoms with Crippen LogP contribution in [0.5, 0.6) is 0 Å². The Bertz CT molecular complexity index is 395. The van der Waals surface area contributed by atoms with Crippen LogP contribution < -0.4 is 10.6 Å². The van der Waals surface area contributed by atoms with Gasteiger partial charge in [0.15, 0.2) is 0 Å². The molecule has 1 saturated heterocycles. The molecule has 2 heterocycles. The van der Waals surface area contributed by atoms with Gasteiger partial charge in [0, 0.05) is 23.5 Å². The lowest BCUT2D eigenvalue weighted by atomic mass is 9.93. The Balaban J connectivity index is 1.56. The first kappa shape index (κ1) is 13.6. The Labute approximate surface area is 121 Å². The van der Waals surface area contributed by atoms with Crippen molar-refractivity contribution >= 4 is 11.3 Å². The van der Waals surface area contributed by atoms with Crippen molar-refractivity contribution < 1.29 is 0 Å². The molecule has 1 aromatic rings. The number of rotatable bonds is 5. The summed E-state index contributed by atoms with van der Waals surface area (Å²) in [7, 11) is 0. The van der Waals surface area contributed by atoms with Crippen LogP contribution >= 0.6 is 11.3 Å². The first-order chi connectivity index (χ1) is 9.38. The maximum absolute atomic E-state index is 3.86. The van der Waals surface area contributed by atoms with Crippen LogP contribution in [0.15, 0.2) is 11.4 Å². The van der Waals surface area contributed by atoms with Gasteiger partial charge in [-0.3, -0.25) is 0 Å². The molecule has 1 aliphatic carbocycles. The molecule has 3 rings (SSSR count). The van der Waals surface area contributed by atoms with E-state index in [4.69, 9.17) is 0 Å². The van der Waals surface area contributed by atoms with Crippen LogP contribution in [0.1, 0.15) is 49.5 Å². The quantitative estimate of drug-likeness (QED) is 0.863. The summed E-state index contributed by atoms with van der Waals surface area (Å²) in [5.74, 6) is 0.868. The van der Waals surface area contributed by atoms with Gasteiger partial charge in [0.25, 0.3) is 0 Å². The topological polar surface area (TPSA) is 24.1 Å². The van der Waals surface area contributed by atoms with Gasteiger partial charge in [-0.25, -0.2) is 0 Å². The molecule has 0 aromatic carbocycles. The van der Waals surface area contributed by atoms with E-state index < -0.39 is 0 Å². The number of hydrogen-bond acceptors (Lipinski definition) is 3. The van der Waals surface area contributed by atoms with Crippen LogP contribution in [0.4, 0.5) is 0 Å². The Kier molecular flexibility index (Phi) is 4.57. The zero-order valence-electron chi connectivity index (χ0n) is 12.0. The molecule has 2 aliphatic rings. The molecule has 2 fully saturated rings. The Morgan fingerprint density at radius 3 is 3.05 bits per heavy atom. The second-order valence-electron chi connectivity index (χ2n) is 6.01. The van der Waals surface area contributed by atoms with Gasteiger partial charge in [0.1, 0.15) is 0 Å². The Morgan fingerprint density at radius 1 is 1.32 bits per heavy atom. The van der Waals surface area contributed by atoms with Crippen molar-refractivity contribution in [3.63, 3.8) is 0 Å². The van der Waals surface area contributed by atoms with Crippen LogP contribution in [0.25, 0.3) is 0 Å². The average molecular weight is 278 g/mol. The van der Waals surface area contributed by atoms with E-state index in [1.807, 2.05) is 11.3 Å². The molecule has 3 unspecified atom stereocenters. The van der Waals surface area contributed by atoms with Crippen molar-refractivity contribution in [3.8, 4) is 0 Å². The summed E-state index contributed by atoms with van der Waals surface area (Å²) in [5, 5.41) is 9.80. The molecule has 0 bridgehead atoms. The molecular weight excluding hydrogens is 252 g/mol. The highest BCUT2D eigenvalue weighted by Crippen LogP contribution is 2.32. The summed E-state index contributed by atoms with van der Waals surface area (Å²) < 4.78 is 0. The number of thiophene rings is 1. The summed E-state index contributed by atoms with van der Waals surface area (Å²) in [5.41, 5.74) is 1.53. The van der Waals surface area contributed by atoms with Crippen LogP contribution in [0.2, 0.25) is 0 Å². The van der Waals surface area contributed by atoms with Gasteiger partial charge < -0.3 is 10.6 Å². The second-order valence-corrected chi connectivity index (χ2v) is 7.01. The summed E-state index contributed by atoms with van der Waals surface area (Å²) in [6, 6.07) is 3.81. The third kappa shape index (κ3) is 3.04. The van der Waals surface area contributed by atoms with E-state index >= 15 is 0 Å². The minimum Gasteiger partial charge on any atom is -0.314 e. The van der Waals surface area contributed by atoms with E-state index in [0.717, 1.165) is 24.5 Å². The molecule has 2 nitrogen and oxygen atoms in total. The highest BCUT2D eigenvalue weighted by Gasteiger charge is 2.34. The molecule has 106 valence electrons. The first-order valence-corrected chi connectivity index (χ1v) is 8.78. The Hall–Kier alpha value is -0.380. The molecule has 19 heavy (non-hydrogen) atoms. The smallest absolute Gasteiger partial charge is 0.0305 e. The van der Waals surface area contributed by atoms with Crippen molar-refractivity contribution in [3.05, 3.63) is 21.9 Å². The summed E-state index contributed by atoms with van der Waals surface area (Å²) in [6.07, 6.45) is 8.13. The third-order valence-corrected chi connectivity index (χ3v) is 5.89. The van der Waals surface area contributed by atoms with E-state index in [1.54, 1.807) is 4.88 Å². The van der Waals surface area contributed by atoms with Gasteiger partial charge in [-0.05, 0) is 61.6 Å². The molecule has 0 spiro atoms. The first-order valence-electron chi connectivity index (χ1n) is 7.90. The van der Waals surface area contributed by atoms with Gasteiger partial charge in [0.05, 0.1) is 0 Å². The Morgan fingerprint density at radius 2 is 2.26 bits per heavy atom. The molecule has 3 heteroatoms. The van der Waals surface area contributed by atoms with Crippen molar-refractivity contribution in [2.45, 2.75) is 64.1 Å². The zero-order valence-corrected chi connectivity index (χ0v) is 12.8. The molecule has 0 amide bonds. The van der Waals surface area contributed by atoms with Gasteiger partial charge >= 0.3 is 0 Å². The van der Waals surface area contributed by atoms with Crippen molar-refractivity contribution in [1.29, 1.82) is 0 Å². The van der Waals surface area contributed by atoms with Gasteiger partial charge in [-0.2, -0.15) is 0 Å². The van der Waals surface area contributed by atoms with E-state index in [0.29, 0.717) is 0 Å². The number of aryl methyl sites for hydroxylation is 1. The maximum atomic E-state index is 3.86. The molecular formula is C16H26N2S. The standard InChI is InChI=1S/C16H26N2S/c1-2-12-8-10-19-16(12)11-18-15-6-3-5-13(15)14-7-4-9-17-14/h8,10,13-15,17-18H,2-7,9,11H2,1H3. The fraction of sp³-hybridized carbons (Fsp3) is 0.750. The second kappa shape index (κ2) is 6.38. The van der Waals surface area contributed by atoms with Crippen LogP contribution in [0, 0.1) is 5.92 Å². The lowest BCUT2D eigenvalue weighted by Crippen LogP contribution is -2.41. The van der Waals surface area contributed by atoms with Crippen LogP contribution in [-0.4, -0.2) is 18.6 Å². The van der Waals surface area contributed by atoms with E-state index in [9.17, 15) is 0 Å². The SMILES string of the molecule is CCc1ccsc1CNC1CCCC1C1CCCN1. The summed E-state index contributed by atoms with van der Waals surface area (Å²) in [6.45, 7) is 4.57. The fourth-order valence-electron chi connectivity index (χ4n) is 3.86. The van der Waals surface area contributed by atoms with Gasteiger partial charge in [0.2, 0.25) is 0 Å². The lowest BCUT2D eigenvalue weighted by Gasteiger charge is -2.26. The van der Waals surface area contributed by atoms with Crippen molar-refractivity contribution in [2.75, 3.05) is 6.54 Å². The largest absolute Gasteiger partial charge is 0.314 e. The van der Waals surface area contributed by atoms with E-state index in [2.05, 4.69) is 29.0 Å². The minimum absolute atomic E-state index is 0.738. The summed E-state index contributed by atoms with van der Waals surface area (Å²) in [4.78, 5) is 1.55. The van der Waals surface area contributed by atoms with Gasteiger partial charge in [-0.1, -0.05) is 13.3 Å². The predicted molar refractivity (Wildman–Crippen MR) is 82.7 cm³/mol. The van der Waals surface area contributed by atoms with Gasteiger partial charge in [-0.15, -0.1) is 11.3 Å². The van der Waals surface area contributed by atoms with Crippen molar-refractivity contribution in [2.24, 2.45) is 5.92 Å². The third-order valence-electron chi connectivity index (χ3n) is 4.93. The van der Waals surface area contributed by atoms with Crippen LogP contribution in [0.3, 0.4) is 0 Å². The maximum Gasteiger partial charge on any atom is 0.0305 e. The van der Waals surface area contributed by atoms with Crippen LogP contribution in [-0.2, 0) is 13.0 Å². The minimum atomic E-state index is 0.738. The average Bonchev–Trinajstić information content (AvgIpc) is 3.16. The monoisotopic (exact) mass is 278 g/mol. The fourth-order valence-corrected chi connectivity index (χ4v) is 4.79. The molecule has 0 radical (unpaired) electrons. The van der Waals surface area contributed by atoms with Crippen molar-refractivity contribution in [1.82, 2.24) is 10.6 Å². The molecule has 1 aromatic heterocycles. The molecule has 3 atom stereocenters. The zero-order chi connectivity index (χ0) is 13.1. The number of hydrogen-bond donors (Lipinski definition) is 2. The highest BCUT2D eigenvalue weighted by atomic mass is 32.1. The van der Waals surface area contributed by atoms with E-state index in [-0.39, 0.29) is 0 Å². The molecule has 1 saturated carbocycles. The summed E-state index contributed by atoms with van der Waals surface area (Å²) >= 11 is 1.91. The molecule has 1 aliphatic heterocycles.